The van der Waals surface area contributed by atoms with Crippen LogP contribution in [0.3, 0.4) is 0 Å². The molecular weight excluding hydrogens is 176 g/mol. The Labute approximate surface area is 84.0 Å². The smallest absolute Gasteiger partial charge is 0.0853 e. The molecule has 0 amide bonds. The molecule has 3 N–H and O–H groups in total. The molecule has 2 rings (SSSR count). The summed E-state index contributed by atoms with van der Waals surface area (Å²) in [6.45, 7) is -0.00993. The van der Waals surface area contributed by atoms with Gasteiger partial charge >= 0.3 is 0 Å². The van der Waals surface area contributed by atoms with Crippen molar-refractivity contribution in [1.82, 2.24) is 4.98 Å². The van der Waals surface area contributed by atoms with Gasteiger partial charge in [0.1, 0.15) is 0 Å². The van der Waals surface area contributed by atoms with Crippen LogP contribution in [0.4, 0.5) is 0 Å². The summed E-state index contributed by atoms with van der Waals surface area (Å²) < 4.78 is 0. The van der Waals surface area contributed by atoms with Gasteiger partial charge in [0, 0.05) is 6.04 Å². The van der Waals surface area contributed by atoms with E-state index in [0.717, 1.165) is 18.0 Å². The predicted molar refractivity (Wildman–Crippen MR) is 54.4 cm³/mol. The zero-order valence-corrected chi connectivity index (χ0v) is 8.19. The Morgan fingerprint density at radius 3 is 2.93 bits per heavy atom. The monoisotopic (exact) mass is 192 g/mol. The molecule has 1 atom stereocenters. The molecule has 0 aliphatic heterocycles. The van der Waals surface area contributed by atoms with Gasteiger partial charge in [0.25, 0.3) is 0 Å². The van der Waals surface area contributed by atoms with E-state index in [-0.39, 0.29) is 12.6 Å². The number of rotatable bonds is 4. The molecule has 76 valence electrons. The molecule has 0 radical (unpaired) electrons. The molecule has 1 aliphatic rings. The van der Waals surface area contributed by atoms with Crippen molar-refractivity contribution < 1.29 is 5.11 Å². The van der Waals surface area contributed by atoms with Gasteiger partial charge in [0.05, 0.1) is 18.0 Å². The fraction of sp³-hybridized carbons (Fsp3) is 0.545. The molecule has 1 aliphatic carbocycles. The zero-order valence-electron chi connectivity index (χ0n) is 8.19. The van der Waals surface area contributed by atoms with Crippen LogP contribution in [0.5, 0.6) is 0 Å². The first kappa shape index (κ1) is 9.62. The van der Waals surface area contributed by atoms with Crippen molar-refractivity contribution in [3.8, 4) is 0 Å². The third kappa shape index (κ3) is 2.30. The summed E-state index contributed by atoms with van der Waals surface area (Å²) in [5.41, 5.74) is 7.62. The van der Waals surface area contributed by atoms with Gasteiger partial charge in [-0.3, -0.25) is 4.98 Å². The lowest BCUT2D eigenvalue weighted by atomic mass is 10.1. The van der Waals surface area contributed by atoms with E-state index < -0.39 is 0 Å². The second-order valence-electron chi connectivity index (χ2n) is 4.00. The van der Waals surface area contributed by atoms with Crippen LogP contribution in [0.15, 0.2) is 18.2 Å². The Balaban J connectivity index is 2.05. The fourth-order valence-corrected chi connectivity index (χ4v) is 1.63. The summed E-state index contributed by atoms with van der Waals surface area (Å²) in [7, 11) is 0. The number of nitrogens with two attached hydrogens (primary N) is 1. The lowest BCUT2D eigenvalue weighted by Gasteiger charge is -2.10. The van der Waals surface area contributed by atoms with Crippen LogP contribution in [0.1, 0.15) is 36.7 Å². The molecule has 1 saturated carbocycles. The Hall–Kier alpha value is -0.930. The highest BCUT2D eigenvalue weighted by atomic mass is 16.3. The normalized spacial score (nSPS) is 18.1. The highest BCUT2D eigenvalue weighted by Gasteiger charge is 2.24. The first-order valence-corrected chi connectivity index (χ1v) is 5.12. The Morgan fingerprint density at radius 1 is 1.50 bits per heavy atom. The van der Waals surface area contributed by atoms with E-state index in [1.165, 1.54) is 12.8 Å². The van der Waals surface area contributed by atoms with Crippen LogP contribution < -0.4 is 5.73 Å². The minimum Gasteiger partial charge on any atom is -0.390 e. The van der Waals surface area contributed by atoms with Crippen molar-refractivity contribution in [1.29, 1.82) is 0 Å². The van der Waals surface area contributed by atoms with Crippen LogP contribution in [0, 0.1) is 5.92 Å². The van der Waals surface area contributed by atoms with E-state index in [4.69, 9.17) is 10.8 Å². The number of aromatic nitrogens is 1. The van der Waals surface area contributed by atoms with Gasteiger partial charge in [0.15, 0.2) is 0 Å². The average molecular weight is 192 g/mol. The highest BCUT2D eigenvalue weighted by Crippen LogP contribution is 2.36. The topological polar surface area (TPSA) is 59.1 Å². The van der Waals surface area contributed by atoms with Crippen LogP contribution in [0.2, 0.25) is 0 Å². The van der Waals surface area contributed by atoms with Crippen LogP contribution in [-0.4, -0.2) is 10.1 Å². The van der Waals surface area contributed by atoms with E-state index in [1.54, 1.807) is 0 Å². The Kier molecular flexibility index (Phi) is 2.79. The SMILES string of the molecule is N[C@H](CC1CC1)c1cccc(CO)n1. The molecule has 0 spiro atoms. The number of aliphatic hydroxyl groups excluding tert-OH is 1. The molecule has 0 saturated heterocycles. The average Bonchev–Trinajstić information content (AvgIpc) is 3.02. The number of pyridine rings is 1. The maximum absolute atomic E-state index is 8.93. The van der Waals surface area contributed by atoms with Crippen molar-refractivity contribution >= 4 is 0 Å². The van der Waals surface area contributed by atoms with E-state index in [2.05, 4.69) is 4.98 Å². The molecule has 3 heteroatoms. The minimum absolute atomic E-state index is 0.00993. The summed E-state index contributed by atoms with van der Waals surface area (Å²) in [5.74, 6) is 0.810. The summed E-state index contributed by atoms with van der Waals surface area (Å²) in [4.78, 5) is 4.30. The maximum Gasteiger partial charge on any atom is 0.0853 e. The zero-order chi connectivity index (χ0) is 9.97. The van der Waals surface area contributed by atoms with E-state index in [0.29, 0.717) is 5.69 Å². The molecule has 1 aromatic rings. The van der Waals surface area contributed by atoms with Gasteiger partial charge in [-0.15, -0.1) is 0 Å². The molecule has 3 nitrogen and oxygen atoms in total. The van der Waals surface area contributed by atoms with Gasteiger partial charge in [0.2, 0.25) is 0 Å². The molecule has 14 heavy (non-hydrogen) atoms. The van der Waals surface area contributed by atoms with Gasteiger partial charge in [-0.05, 0) is 24.5 Å². The fourth-order valence-electron chi connectivity index (χ4n) is 1.63. The quantitative estimate of drug-likeness (QED) is 0.757. The maximum atomic E-state index is 8.93. The van der Waals surface area contributed by atoms with E-state index >= 15 is 0 Å². The van der Waals surface area contributed by atoms with Crippen molar-refractivity contribution in [2.75, 3.05) is 0 Å². The molecule has 1 heterocycles. The van der Waals surface area contributed by atoms with Crippen molar-refractivity contribution in [3.63, 3.8) is 0 Å². The molecule has 1 aromatic heterocycles. The van der Waals surface area contributed by atoms with E-state index in [1.807, 2.05) is 18.2 Å². The molecule has 0 aromatic carbocycles. The first-order valence-electron chi connectivity index (χ1n) is 5.12. The standard InChI is InChI=1S/C11H16N2O/c12-10(6-8-4-5-8)11-3-1-2-9(7-14)13-11/h1-3,8,10,14H,4-7,12H2/t10-/m1/s1. The predicted octanol–water partition coefficient (Wildman–Crippen LogP) is 1.37. The summed E-state index contributed by atoms with van der Waals surface area (Å²) >= 11 is 0. The highest BCUT2D eigenvalue weighted by molar-refractivity contribution is 5.14. The lowest BCUT2D eigenvalue weighted by molar-refractivity contribution is 0.276. The van der Waals surface area contributed by atoms with Gasteiger partial charge in [-0.25, -0.2) is 0 Å². The summed E-state index contributed by atoms with van der Waals surface area (Å²) in [6, 6.07) is 5.69. The van der Waals surface area contributed by atoms with Crippen LogP contribution in [0.25, 0.3) is 0 Å². The van der Waals surface area contributed by atoms with E-state index in [9.17, 15) is 0 Å². The summed E-state index contributed by atoms with van der Waals surface area (Å²) in [6.07, 6.45) is 3.66. The van der Waals surface area contributed by atoms with Crippen molar-refractivity contribution in [2.45, 2.75) is 31.9 Å². The first-order chi connectivity index (χ1) is 6.79. The van der Waals surface area contributed by atoms with Crippen LogP contribution in [-0.2, 0) is 6.61 Å². The van der Waals surface area contributed by atoms with Gasteiger partial charge < -0.3 is 10.8 Å². The summed E-state index contributed by atoms with van der Waals surface area (Å²) in [5, 5.41) is 8.93. The molecule has 1 fully saturated rings. The number of aliphatic hydroxyl groups is 1. The van der Waals surface area contributed by atoms with Gasteiger partial charge in [-0.2, -0.15) is 0 Å². The Morgan fingerprint density at radius 2 is 2.29 bits per heavy atom. The minimum atomic E-state index is -0.00993. The number of hydrogen-bond acceptors (Lipinski definition) is 3. The third-order valence-corrected chi connectivity index (χ3v) is 2.65. The molecular formula is C11H16N2O. The Bertz CT molecular complexity index is 310. The van der Waals surface area contributed by atoms with Crippen LogP contribution >= 0.6 is 0 Å². The second-order valence-corrected chi connectivity index (χ2v) is 4.00. The van der Waals surface area contributed by atoms with Crippen molar-refractivity contribution in [3.05, 3.63) is 29.6 Å². The third-order valence-electron chi connectivity index (χ3n) is 2.65. The lowest BCUT2D eigenvalue weighted by Crippen LogP contribution is -2.13. The van der Waals surface area contributed by atoms with Gasteiger partial charge in [-0.1, -0.05) is 18.9 Å². The van der Waals surface area contributed by atoms with Crippen molar-refractivity contribution in [2.24, 2.45) is 11.7 Å². The number of hydrogen-bond donors (Lipinski definition) is 2. The number of nitrogens with zero attached hydrogens (tertiary/aromatic N) is 1. The molecule has 0 bridgehead atoms. The second kappa shape index (κ2) is 4.07. The largest absolute Gasteiger partial charge is 0.390 e. The molecule has 0 unspecified atom stereocenters.